The molecule has 1 aromatic carbocycles. The molecule has 2 nitrogen and oxygen atoms in total. The summed E-state index contributed by atoms with van der Waals surface area (Å²) in [5.41, 5.74) is 0.695. The summed E-state index contributed by atoms with van der Waals surface area (Å²) in [6, 6.07) is 6.76. The molecule has 0 aliphatic heterocycles. The van der Waals surface area contributed by atoms with Crippen molar-refractivity contribution in [3.63, 3.8) is 0 Å². The summed E-state index contributed by atoms with van der Waals surface area (Å²) >= 11 is 0. The molecule has 1 aromatic rings. The van der Waals surface area contributed by atoms with Crippen molar-refractivity contribution in [1.82, 2.24) is 0 Å². The van der Waals surface area contributed by atoms with Crippen molar-refractivity contribution < 1.29 is 18.3 Å². The van der Waals surface area contributed by atoms with E-state index < -0.39 is 6.61 Å². The Morgan fingerprint density at radius 1 is 1.23 bits per heavy atom. The third-order valence-electron chi connectivity index (χ3n) is 1.54. The molecule has 0 aromatic heterocycles. The quantitative estimate of drug-likeness (QED) is 0.720. The minimum atomic E-state index is -2.72. The zero-order chi connectivity index (χ0) is 9.68. The van der Waals surface area contributed by atoms with Crippen LogP contribution in [0.1, 0.15) is 5.56 Å². The molecular weight excluding hydrogens is 177 g/mol. The first-order valence-electron chi connectivity index (χ1n) is 3.75. The van der Waals surface area contributed by atoms with Crippen LogP contribution in [0, 0.1) is 0 Å². The van der Waals surface area contributed by atoms with E-state index in [1.807, 2.05) is 0 Å². The van der Waals surface area contributed by atoms with Gasteiger partial charge in [-0.3, -0.25) is 0 Å². The molecule has 0 spiro atoms. The first-order valence-corrected chi connectivity index (χ1v) is 3.75. The van der Waals surface area contributed by atoms with Gasteiger partial charge in [-0.25, -0.2) is 0 Å². The normalized spacial score (nSPS) is 12.5. The van der Waals surface area contributed by atoms with Crippen molar-refractivity contribution in [1.29, 1.82) is 0 Å². The number of hydrogen-bond acceptors (Lipinski definition) is 2. The Kier molecular flexibility index (Phi) is 3.64. The Morgan fingerprint density at radius 2 is 1.85 bits per heavy atom. The summed E-state index contributed by atoms with van der Waals surface area (Å²) in [6.07, 6.45) is 0. The van der Waals surface area contributed by atoms with Crippen molar-refractivity contribution in [2.24, 2.45) is 0 Å². The minimum Gasteiger partial charge on any atom is -0.497 e. The van der Waals surface area contributed by atoms with Crippen LogP contribution in [0.25, 0.3) is 0 Å². The van der Waals surface area contributed by atoms with E-state index >= 15 is 0 Å². The van der Waals surface area contributed by atoms with E-state index in [9.17, 15) is 8.78 Å². The average molecular weight is 187 g/mol. The molecule has 0 aliphatic carbocycles. The van der Waals surface area contributed by atoms with Gasteiger partial charge < -0.3 is 9.47 Å². The van der Waals surface area contributed by atoms with E-state index in [0.29, 0.717) is 11.3 Å². The Bertz CT molecular complexity index is 246. The number of benzene rings is 1. The fraction of sp³-hybridized carbons (Fsp3) is 0.333. The molecule has 1 rings (SSSR count). The van der Waals surface area contributed by atoms with E-state index in [1.54, 1.807) is 31.4 Å². The molecule has 0 aliphatic rings. The topological polar surface area (TPSA) is 18.5 Å². The van der Waals surface area contributed by atoms with Crippen LogP contribution >= 0.6 is 0 Å². The monoisotopic (exact) mass is 187 g/mol. The molecular formula is C9H10F2O2. The highest BCUT2D eigenvalue weighted by molar-refractivity contribution is 5.26. The van der Waals surface area contributed by atoms with Crippen LogP contribution in [0.5, 0.6) is 5.75 Å². The van der Waals surface area contributed by atoms with Gasteiger partial charge in [0.2, 0.25) is 0 Å². The second-order valence-electron chi connectivity index (χ2n) is 2.42. The van der Waals surface area contributed by atoms with Crippen LogP contribution in [0.4, 0.5) is 8.78 Å². The third-order valence-corrected chi connectivity index (χ3v) is 1.54. The van der Waals surface area contributed by atoms with E-state index in [4.69, 9.17) is 4.74 Å². The van der Waals surface area contributed by atoms with Gasteiger partial charge in [0.1, 0.15) is 5.75 Å². The molecule has 72 valence electrons. The molecule has 0 fully saturated rings. The van der Waals surface area contributed by atoms with Gasteiger partial charge in [-0.1, -0.05) is 12.1 Å². The molecule has 13 heavy (non-hydrogen) atoms. The maximum Gasteiger partial charge on any atom is 0.345 e. The average Bonchev–Trinajstić information content (AvgIpc) is 2.15. The van der Waals surface area contributed by atoms with Crippen LogP contribution in [0.15, 0.2) is 24.3 Å². The lowest BCUT2D eigenvalue weighted by Crippen LogP contribution is -1.98. The SMILES string of the molecule is COc1ccc(COC(F)[18F])cc1. The molecule has 0 amide bonds. The van der Waals surface area contributed by atoms with E-state index in [-0.39, 0.29) is 6.61 Å². The Balaban J connectivity index is 2.49. The third kappa shape index (κ3) is 3.38. The molecule has 4 heteroatoms. The molecule has 0 saturated heterocycles. The standard InChI is InChI=1S/C9H10F2O2/c1-12-8-4-2-7(3-5-8)6-13-9(10)11/h2-5,9H,6H2,1H3/i10-1. The Morgan fingerprint density at radius 3 is 2.31 bits per heavy atom. The number of rotatable bonds is 4. The molecule has 0 bridgehead atoms. The van der Waals surface area contributed by atoms with Crippen LogP contribution < -0.4 is 4.74 Å². The summed E-state index contributed by atoms with van der Waals surface area (Å²) in [4.78, 5) is 0. The maximum absolute atomic E-state index is 11.6. The van der Waals surface area contributed by atoms with Gasteiger partial charge in [-0.05, 0) is 17.7 Å². The Labute approximate surface area is 75.1 Å². The summed E-state index contributed by atoms with van der Waals surface area (Å²) in [5.74, 6) is 0.695. The van der Waals surface area contributed by atoms with E-state index in [2.05, 4.69) is 4.74 Å². The van der Waals surface area contributed by atoms with Gasteiger partial charge in [0.05, 0.1) is 13.7 Å². The number of alkyl halides is 2. The largest absolute Gasteiger partial charge is 0.497 e. The minimum absolute atomic E-state index is 0.0817. The lowest BCUT2D eigenvalue weighted by molar-refractivity contribution is -0.137. The first-order chi connectivity index (χ1) is 6.22. The van der Waals surface area contributed by atoms with Crippen LogP contribution in [-0.4, -0.2) is 13.7 Å². The van der Waals surface area contributed by atoms with E-state index in [0.717, 1.165) is 0 Å². The van der Waals surface area contributed by atoms with Crippen molar-refractivity contribution in [2.45, 2.75) is 13.2 Å². The van der Waals surface area contributed by atoms with Crippen LogP contribution in [-0.2, 0) is 11.3 Å². The van der Waals surface area contributed by atoms with Crippen molar-refractivity contribution >= 4 is 0 Å². The Hall–Kier alpha value is -1.16. The highest BCUT2D eigenvalue weighted by Gasteiger charge is 2.01. The number of halogens is 2. The zero-order valence-corrected chi connectivity index (χ0v) is 7.17. The fourth-order valence-electron chi connectivity index (χ4n) is 0.881. The summed E-state index contributed by atoms with van der Waals surface area (Å²) in [7, 11) is 1.55. The lowest BCUT2D eigenvalue weighted by atomic mass is 10.2. The number of methoxy groups -OCH3 is 1. The fourth-order valence-corrected chi connectivity index (χ4v) is 0.881. The molecule has 0 saturated carbocycles. The molecule has 1 unspecified atom stereocenters. The van der Waals surface area contributed by atoms with Gasteiger partial charge in [0, 0.05) is 0 Å². The van der Waals surface area contributed by atoms with Crippen molar-refractivity contribution in [2.75, 3.05) is 7.11 Å². The van der Waals surface area contributed by atoms with Crippen molar-refractivity contribution in [3.8, 4) is 5.75 Å². The maximum atomic E-state index is 11.6. The van der Waals surface area contributed by atoms with Crippen LogP contribution in [0.2, 0.25) is 0 Å². The second-order valence-corrected chi connectivity index (χ2v) is 2.42. The molecule has 0 radical (unpaired) electrons. The number of hydrogen-bond donors (Lipinski definition) is 0. The van der Waals surface area contributed by atoms with Crippen LogP contribution in [0.3, 0.4) is 0 Å². The molecule has 0 N–H and O–H groups in total. The highest BCUT2D eigenvalue weighted by atomic mass is 19.2. The second kappa shape index (κ2) is 4.77. The van der Waals surface area contributed by atoms with Gasteiger partial charge in [-0.15, -0.1) is 0 Å². The highest BCUT2D eigenvalue weighted by Crippen LogP contribution is 2.12. The van der Waals surface area contributed by atoms with E-state index in [1.165, 1.54) is 0 Å². The molecule has 1 atom stereocenters. The zero-order valence-electron chi connectivity index (χ0n) is 7.17. The number of ether oxygens (including phenoxy) is 2. The van der Waals surface area contributed by atoms with Gasteiger partial charge in [0.15, 0.2) is 0 Å². The molecule has 0 heterocycles. The van der Waals surface area contributed by atoms with Gasteiger partial charge >= 0.3 is 6.61 Å². The summed E-state index contributed by atoms with van der Waals surface area (Å²) in [6.45, 7) is -2.80. The summed E-state index contributed by atoms with van der Waals surface area (Å²) in [5, 5.41) is 0. The summed E-state index contributed by atoms with van der Waals surface area (Å²) < 4.78 is 32.3. The first kappa shape index (κ1) is 9.92. The predicted octanol–water partition coefficient (Wildman–Crippen LogP) is 2.43. The smallest absolute Gasteiger partial charge is 0.345 e. The lowest BCUT2D eigenvalue weighted by Gasteiger charge is -2.03. The van der Waals surface area contributed by atoms with Gasteiger partial charge in [-0.2, -0.15) is 8.78 Å². The predicted molar refractivity (Wildman–Crippen MR) is 43.8 cm³/mol. The van der Waals surface area contributed by atoms with Crippen molar-refractivity contribution in [3.05, 3.63) is 29.8 Å². The van der Waals surface area contributed by atoms with Gasteiger partial charge in [0.25, 0.3) is 0 Å².